The normalized spacial score (nSPS) is 10.4. The standard InChI is InChI=1S/C12H15N3S2/c1-2-3-6-13-12(16)15-10-4-5-11-9(7-10)8-14-17-11/h4-5,7-8H,2-3,6H2,1H3,(H2,13,15,16). The Hall–Kier alpha value is -1.20. The van der Waals surface area contributed by atoms with Gasteiger partial charge >= 0.3 is 0 Å². The first kappa shape index (κ1) is 12.3. The highest BCUT2D eigenvalue weighted by molar-refractivity contribution is 7.80. The third kappa shape index (κ3) is 3.38. The summed E-state index contributed by atoms with van der Waals surface area (Å²) >= 11 is 6.72. The molecule has 0 bridgehead atoms. The Labute approximate surface area is 110 Å². The second kappa shape index (κ2) is 5.93. The van der Waals surface area contributed by atoms with Gasteiger partial charge in [0.05, 0.1) is 4.70 Å². The van der Waals surface area contributed by atoms with Gasteiger partial charge in [-0.3, -0.25) is 0 Å². The molecule has 0 aliphatic heterocycles. The van der Waals surface area contributed by atoms with Crippen molar-refractivity contribution in [1.82, 2.24) is 9.69 Å². The van der Waals surface area contributed by atoms with Gasteiger partial charge in [-0.1, -0.05) is 13.3 Å². The molecule has 0 saturated carbocycles. The molecule has 0 atom stereocenters. The van der Waals surface area contributed by atoms with Crippen molar-refractivity contribution in [3.05, 3.63) is 24.4 Å². The maximum atomic E-state index is 5.22. The van der Waals surface area contributed by atoms with Gasteiger partial charge in [0, 0.05) is 23.8 Å². The van der Waals surface area contributed by atoms with Crippen LogP contribution >= 0.6 is 23.8 Å². The zero-order valence-electron chi connectivity index (χ0n) is 9.69. The summed E-state index contributed by atoms with van der Waals surface area (Å²) in [5, 5.41) is 8.19. The van der Waals surface area contributed by atoms with E-state index >= 15 is 0 Å². The highest BCUT2D eigenvalue weighted by Gasteiger charge is 2.00. The van der Waals surface area contributed by atoms with Crippen LogP contribution < -0.4 is 10.6 Å². The lowest BCUT2D eigenvalue weighted by atomic mass is 10.2. The molecule has 90 valence electrons. The van der Waals surface area contributed by atoms with Crippen LogP contribution in [0.3, 0.4) is 0 Å². The Kier molecular flexibility index (Phi) is 4.28. The maximum absolute atomic E-state index is 5.22. The second-order valence-electron chi connectivity index (χ2n) is 3.81. The fourth-order valence-electron chi connectivity index (χ4n) is 1.50. The molecule has 1 aromatic heterocycles. The third-order valence-corrected chi connectivity index (χ3v) is 3.45. The van der Waals surface area contributed by atoms with E-state index in [9.17, 15) is 0 Å². The average molecular weight is 265 g/mol. The number of hydrogen-bond acceptors (Lipinski definition) is 3. The smallest absolute Gasteiger partial charge is 0.170 e. The van der Waals surface area contributed by atoms with Gasteiger partial charge in [-0.15, -0.1) is 0 Å². The summed E-state index contributed by atoms with van der Waals surface area (Å²) in [6.07, 6.45) is 4.18. The lowest BCUT2D eigenvalue weighted by Crippen LogP contribution is -2.29. The van der Waals surface area contributed by atoms with E-state index in [-0.39, 0.29) is 0 Å². The summed E-state index contributed by atoms with van der Waals surface area (Å²) in [6.45, 7) is 3.08. The molecule has 1 aromatic carbocycles. The van der Waals surface area contributed by atoms with Gasteiger partial charge in [-0.25, -0.2) is 0 Å². The summed E-state index contributed by atoms with van der Waals surface area (Å²) < 4.78 is 5.34. The number of aromatic nitrogens is 1. The van der Waals surface area contributed by atoms with E-state index in [0.29, 0.717) is 5.11 Å². The molecule has 1 heterocycles. The number of nitrogens with zero attached hydrogens (tertiary/aromatic N) is 1. The van der Waals surface area contributed by atoms with E-state index in [4.69, 9.17) is 12.2 Å². The average Bonchev–Trinajstić information content (AvgIpc) is 2.76. The van der Waals surface area contributed by atoms with Crippen molar-refractivity contribution >= 4 is 44.6 Å². The number of thiocarbonyl (C=S) groups is 1. The van der Waals surface area contributed by atoms with Crippen molar-refractivity contribution < 1.29 is 0 Å². The molecule has 2 aromatic rings. The lowest BCUT2D eigenvalue weighted by molar-refractivity contribution is 0.758. The number of anilines is 1. The zero-order valence-corrected chi connectivity index (χ0v) is 11.3. The SMILES string of the molecule is CCCCNC(=S)Nc1ccc2sncc2c1. The molecule has 0 aliphatic carbocycles. The molecule has 0 saturated heterocycles. The summed E-state index contributed by atoms with van der Waals surface area (Å²) in [7, 11) is 0. The van der Waals surface area contributed by atoms with Crippen LogP contribution in [0.15, 0.2) is 24.4 Å². The molecule has 0 amide bonds. The fourth-order valence-corrected chi connectivity index (χ4v) is 2.35. The third-order valence-electron chi connectivity index (χ3n) is 2.43. The molecule has 0 aliphatic rings. The van der Waals surface area contributed by atoms with Crippen LogP contribution in [-0.4, -0.2) is 16.0 Å². The maximum Gasteiger partial charge on any atom is 0.170 e. The number of hydrogen-bond donors (Lipinski definition) is 2. The topological polar surface area (TPSA) is 37.0 Å². The van der Waals surface area contributed by atoms with Crippen molar-refractivity contribution in [2.24, 2.45) is 0 Å². The van der Waals surface area contributed by atoms with Crippen molar-refractivity contribution in [2.75, 3.05) is 11.9 Å². The minimum Gasteiger partial charge on any atom is -0.362 e. The predicted molar refractivity (Wildman–Crippen MR) is 78.8 cm³/mol. The van der Waals surface area contributed by atoms with Gasteiger partial charge in [0.1, 0.15) is 0 Å². The van der Waals surface area contributed by atoms with Crippen molar-refractivity contribution in [3.8, 4) is 0 Å². The summed E-state index contributed by atoms with van der Waals surface area (Å²) in [5.74, 6) is 0. The Morgan fingerprint density at radius 1 is 1.47 bits per heavy atom. The second-order valence-corrected chi connectivity index (χ2v) is 5.05. The first-order valence-electron chi connectivity index (χ1n) is 5.69. The van der Waals surface area contributed by atoms with Crippen LogP contribution in [0.5, 0.6) is 0 Å². The fraction of sp³-hybridized carbons (Fsp3) is 0.333. The van der Waals surface area contributed by atoms with Gasteiger partial charge in [0.25, 0.3) is 0 Å². The minimum atomic E-state index is 0.681. The summed E-state index contributed by atoms with van der Waals surface area (Å²) in [5.41, 5.74) is 1.01. The Balaban J connectivity index is 1.95. The number of fused-ring (bicyclic) bond motifs is 1. The van der Waals surface area contributed by atoms with Crippen molar-refractivity contribution in [2.45, 2.75) is 19.8 Å². The van der Waals surface area contributed by atoms with Gasteiger partial charge < -0.3 is 10.6 Å². The molecule has 17 heavy (non-hydrogen) atoms. The minimum absolute atomic E-state index is 0.681. The molecule has 5 heteroatoms. The molecule has 0 fully saturated rings. The van der Waals surface area contributed by atoms with E-state index in [0.717, 1.165) is 24.0 Å². The Morgan fingerprint density at radius 2 is 2.35 bits per heavy atom. The monoisotopic (exact) mass is 265 g/mol. The van der Waals surface area contributed by atoms with E-state index < -0.39 is 0 Å². The van der Waals surface area contributed by atoms with E-state index in [2.05, 4.69) is 34.1 Å². The number of benzene rings is 1. The first-order valence-corrected chi connectivity index (χ1v) is 6.87. The van der Waals surface area contributed by atoms with E-state index in [1.807, 2.05) is 12.3 Å². The molecule has 0 spiro atoms. The summed E-state index contributed by atoms with van der Waals surface area (Å²) in [4.78, 5) is 0. The van der Waals surface area contributed by atoms with Crippen LogP contribution in [0.4, 0.5) is 5.69 Å². The van der Waals surface area contributed by atoms with E-state index in [1.165, 1.54) is 22.7 Å². The molecule has 0 unspecified atom stereocenters. The molecule has 2 N–H and O–H groups in total. The van der Waals surface area contributed by atoms with Gasteiger partial charge in [-0.05, 0) is 48.4 Å². The quantitative estimate of drug-likeness (QED) is 0.656. The molecule has 2 rings (SSSR count). The van der Waals surface area contributed by atoms with Crippen molar-refractivity contribution in [3.63, 3.8) is 0 Å². The van der Waals surface area contributed by atoms with E-state index in [1.54, 1.807) is 0 Å². The molecular weight excluding hydrogens is 250 g/mol. The van der Waals surface area contributed by atoms with Crippen molar-refractivity contribution in [1.29, 1.82) is 0 Å². The number of unbranched alkanes of at least 4 members (excludes halogenated alkanes) is 1. The highest BCUT2D eigenvalue weighted by Crippen LogP contribution is 2.21. The number of rotatable bonds is 4. The largest absolute Gasteiger partial charge is 0.362 e. The molecule has 0 radical (unpaired) electrons. The van der Waals surface area contributed by atoms with Crippen LogP contribution in [0.2, 0.25) is 0 Å². The van der Waals surface area contributed by atoms with Crippen LogP contribution in [0.1, 0.15) is 19.8 Å². The van der Waals surface area contributed by atoms with Crippen LogP contribution in [0.25, 0.3) is 10.1 Å². The molecule has 3 nitrogen and oxygen atoms in total. The first-order chi connectivity index (χ1) is 8.29. The Bertz CT molecular complexity index is 507. The van der Waals surface area contributed by atoms with Gasteiger partial charge in [0.2, 0.25) is 0 Å². The number of nitrogens with one attached hydrogen (secondary N) is 2. The van der Waals surface area contributed by atoms with Crippen LogP contribution in [0, 0.1) is 0 Å². The van der Waals surface area contributed by atoms with Gasteiger partial charge in [0.15, 0.2) is 5.11 Å². The van der Waals surface area contributed by atoms with Gasteiger partial charge in [-0.2, -0.15) is 4.37 Å². The Morgan fingerprint density at radius 3 is 3.18 bits per heavy atom. The lowest BCUT2D eigenvalue weighted by Gasteiger charge is -2.09. The summed E-state index contributed by atoms with van der Waals surface area (Å²) in [6, 6.07) is 6.14. The zero-order chi connectivity index (χ0) is 12.1. The predicted octanol–water partition coefficient (Wildman–Crippen LogP) is 3.38. The molecular formula is C12H15N3S2. The van der Waals surface area contributed by atoms with Crippen LogP contribution in [-0.2, 0) is 0 Å². The highest BCUT2D eigenvalue weighted by atomic mass is 32.1.